The molecule has 0 bridgehead atoms. The van der Waals surface area contributed by atoms with E-state index in [4.69, 9.17) is 9.47 Å². The molecule has 2 rings (SSSR count). The maximum Gasteiger partial charge on any atom is 0.253 e. The fourth-order valence-corrected chi connectivity index (χ4v) is 2.58. The molecule has 5 nitrogen and oxygen atoms in total. The Morgan fingerprint density at radius 1 is 1.36 bits per heavy atom. The molecule has 1 aliphatic rings. The maximum absolute atomic E-state index is 12.2. The molecule has 1 heterocycles. The number of amides is 2. The van der Waals surface area contributed by atoms with Crippen molar-refractivity contribution in [1.82, 2.24) is 4.90 Å². The van der Waals surface area contributed by atoms with Crippen LogP contribution >= 0.6 is 0 Å². The molecule has 1 aliphatic heterocycles. The van der Waals surface area contributed by atoms with Crippen LogP contribution in [-0.2, 0) is 9.59 Å². The van der Waals surface area contributed by atoms with Crippen LogP contribution in [-0.4, -0.2) is 37.0 Å². The van der Waals surface area contributed by atoms with E-state index in [9.17, 15) is 9.59 Å². The molecular formula is C20H25NO4. The Morgan fingerprint density at radius 2 is 2.16 bits per heavy atom. The summed E-state index contributed by atoms with van der Waals surface area (Å²) in [7, 11) is 1.60. The third-order valence-electron chi connectivity index (χ3n) is 3.96. The number of rotatable bonds is 7. The molecular weight excluding hydrogens is 318 g/mol. The van der Waals surface area contributed by atoms with Gasteiger partial charge in [0, 0.05) is 12.6 Å². The van der Waals surface area contributed by atoms with Gasteiger partial charge in [-0.15, -0.1) is 0 Å². The van der Waals surface area contributed by atoms with E-state index in [0.29, 0.717) is 25.3 Å². The van der Waals surface area contributed by atoms with E-state index in [0.717, 1.165) is 29.7 Å². The maximum atomic E-state index is 12.2. The van der Waals surface area contributed by atoms with E-state index in [-0.39, 0.29) is 11.8 Å². The smallest absolute Gasteiger partial charge is 0.253 e. The normalized spacial score (nSPS) is 14.2. The molecule has 0 aromatic heterocycles. The van der Waals surface area contributed by atoms with Crippen LogP contribution in [0.1, 0.15) is 37.3 Å². The second kappa shape index (κ2) is 9.06. The molecule has 1 aromatic carbocycles. The highest BCUT2D eigenvalue weighted by Gasteiger charge is 2.19. The van der Waals surface area contributed by atoms with Crippen molar-refractivity contribution in [2.24, 2.45) is 0 Å². The SMILES string of the molecule is CCCCOc1c(C)cc(/C=C/C(=O)N2CCC=CC2=O)cc1OC. The van der Waals surface area contributed by atoms with Crippen molar-refractivity contribution in [1.29, 1.82) is 0 Å². The van der Waals surface area contributed by atoms with Crippen LogP contribution in [0.5, 0.6) is 11.5 Å². The summed E-state index contributed by atoms with van der Waals surface area (Å²) in [5.74, 6) is 0.791. The summed E-state index contributed by atoms with van der Waals surface area (Å²) < 4.78 is 11.2. The van der Waals surface area contributed by atoms with E-state index in [1.165, 1.54) is 17.1 Å². The lowest BCUT2D eigenvalue weighted by Crippen LogP contribution is -2.37. The summed E-state index contributed by atoms with van der Waals surface area (Å²) in [6.07, 6.45) is 9.07. The summed E-state index contributed by atoms with van der Waals surface area (Å²) in [5.41, 5.74) is 1.77. The molecule has 0 saturated carbocycles. The molecule has 0 atom stereocenters. The van der Waals surface area contributed by atoms with Gasteiger partial charge in [0.05, 0.1) is 13.7 Å². The molecule has 134 valence electrons. The highest BCUT2D eigenvalue weighted by Crippen LogP contribution is 2.33. The number of nitrogens with zero attached hydrogens (tertiary/aromatic N) is 1. The quantitative estimate of drug-likeness (QED) is 0.561. The van der Waals surface area contributed by atoms with Crippen molar-refractivity contribution >= 4 is 17.9 Å². The first-order valence-corrected chi connectivity index (χ1v) is 8.58. The Labute approximate surface area is 148 Å². The Morgan fingerprint density at radius 3 is 2.84 bits per heavy atom. The number of imide groups is 1. The van der Waals surface area contributed by atoms with E-state index in [2.05, 4.69) is 6.92 Å². The minimum absolute atomic E-state index is 0.269. The summed E-state index contributed by atoms with van der Waals surface area (Å²) >= 11 is 0. The molecule has 0 radical (unpaired) electrons. The molecule has 25 heavy (non-hydrogen) atoms. The zero-order valence-electron chi connectivity index (χ0n) is 15.1. The standard InChI is InChI=1S/C20H25NO4/c1-4-5-12-25-20-15(2)13-16(14-17(20)24-3)9-10-19(23)21-11-7-6-8-18(21)22/h6,8-10,13-14H,4-5,7,11-12H2,1-3H3/b10-9+. The van der Waals surface area contributed by atoms with Crippen LogP contribution in [0.3, 0.4) is 0 Å². The molecule has 0 saturated heterocycles. The van der Waals surface area contributed by atoms with Gasteiger partial charge in [-0.05, 0) is 55.2 Å². The molecule has 0 spiro atoms. The van der Waals surface area contributed by atoms with E-state index >= 15 is 0 Å². The topological polar surface area (TPSA) is 55.8 Å². The number of ether oxygens (including phenoxy) is 2. The second-order valence-electron chi connectivity index (χ2n) is 5.92. The third-order valence-corrected chi connectivity index (χ3v) is 3.96. The van der Waals surface area contributed by atoms with Gasteiger partial charge in [0.2, 0.25) is 0 Å². The summed E-state index contributed by atoms with van der Waals surface area (Å²) in [6.45, 7) is 5.13. The Kier molecular flexibility index (Phi) is 6.81. The van der Waals surface area contributed by atoms with Crippen molar-refractivity contribution < 1.29 is 19.1 Å². The Hall–Kier alpha value is -2.56. The van der Waals surface area contributed by atoms with Gasteiger partial charge in [-0.1, -0.05) is 19.4 Å². The molecule has 0 aliphatic carbocycles. The van der Waals surface area contributed by atoms with Crippen LogP contribution < -0.4 is 9.47 Å². The first kappa shape index (κ1) is 18.8. The van der Waals surface area contributed by atoms with Gasteiger partial charge in [0.25, 0.3) is 11.8 Å². The molecule has 0 N–H and O–H groups in total. The van der Waals surface area contributed by atoms with Gasteiger partial charge in [-0.3, -0.25) is 14.5 Å². The van der Waals surface area contributed by atoms with Crippen molar-refractivity contribution in [3.05, 3.63) is 41.5 Å². The van der Waals surface area contributed by atoms with Crippen molar-refractivity contribution in [2.75, 3.05) is 20.3 Å². The van der Waals surface area contributed by atoms with Crippen molar-refractivity contribution in [3.63, 3.8) is 0 Å². The molecule has 2 amide bonds. The van der Waals surface area contributed by atoms with Gasteiger partial charge in [-0.2, -0.15) is 0 Å². The summed E-state index contributed by atoms with van der Waals surface area (Å²) in [4.78, 5) is 25.1. The Balaban J connectivity index is 2.13. The van der Waals surface area contributed by atoms with Crippen LogP contribution in [0.2, 0.25) is 0 Å². The van der Waals surface area contributed by atoms with Gasteiger partial charge < -0.3 is 9.47 Å². The number of benzene rings is 1. The average molecular weight is 343 g/mol. The first-order chi connectivity index (χ1) is 12.1. The van der Waals surface area contributed by atoms with Crippen LogP contribution in [0.4, 0.5) is 0 Å². The van der Waals surface area contributed by atoms with Gasteiger partial charge in [0.1, 0.15) is 0 Å². The van der Waals surface area contributed by atoms with Crippen LogP contribution in [0.15, 0.2) is 30.4 Å². The van der Waals surface area contributed by atoms with Gasteiger partial charge in [0.15, 0.2) is 11.5 Å². The highest BCUT2D eigenvalue weighted by atomic mass is 16.5. The fraction of sp³-hybridized carbons (Fsp3) is 0.400. The first-order valence-electron chi connectivity index (χ1n) is 8.58. The van der Waals surface area contributed by atoms with Crippen LogP contribution in [0, 0.1) is 6.92 Å². The monoisotopic (exact) mass is 343 g/mol. The lowest BCUT2D eigenvalue weighted by atomic mass is 10.1. The van der Waals surface area contributed by atoms with E-state index in [1.54, 1.807) is 19.3 Å². The molecule has 0 unspecified atom stereocenters. The predicted molar refractivity (Wildman–Crippen MR) is 97.6 cm³/mol. The van der Waals surface area contributed by atoms with Gasteiger partial charge >= 0.3 is 0 Å². The van der Waals surface area contributed by atoms with Crippen molar-refractivity contribution in [3.8, 4) is 11.5 Å². The molecule has 0 fully saturated rings. The van der Waals surface area contributed by atoms with E-state index in [1.807, 2.05) is 19.1 Å². The fourth-order valence-electron chi connectivity index (χ4n) is 2.58. The minimum atomic E-state index is -0.311. The number of hydrogen-bond acceptors (Lipinski definition) is 4. The summed E-state index contributed by atoms with van der Waals surface area (Å²) in [6, 6.07) is 3.77. The van der Waals surface area contributed by atoms with Crippen molar-refractivity contribution in [2.45, 2.75) is 33.1 Å². The van der Waals surface area contributed by atoms with E-state index < -0.39 is 0 Å². The third kappa shape index (κ3) is 4.95. The summed E-state index contributed by atoms with van der Waals surface area (Å²) in [5, 5.41) is 0. The zero-order chi connectivity index (χ0) is 18.2. The number of methoxy groups -OCH3 is 1. The number of hydrogen-bond donors (Lipinski definition) is 0. The largest absolute Gasteiger partial charge is 0.493 e. The number of aryl methyl sites for hydroxylation is 1. The number of carbonyl (C=O) groups excluding carboxylic acids is 2. The Bertz CT molecular complexity index is 691. The average Bonchev–Trinajstić information content (AvgIpc) is 2.61. The molecule has 5 heteroatoms. The zero-order valence-corrected chi connectivity index (χ0v) is 15.1. The van der Waals surface area contributed by atoms with Gasteiger partial charge in [-0.25, -0.2) is 0 Å². The predicted octanol–water partition coefficient (Wildman–Crippen LogP) is 3.51. The highest BCUT2D eigenvalue weighted by molar-refractivity contribution is 6.06. The second-order valence-corrected chi connectivity index (χ2v) is 5.92. The molecule has 1 aromatic rings. The number of unbranched alkanes of at least 4 members (excludes halogenated alkanes) is 1. The number of carbonyl (C=O) groups is 2. The minimum Gasteiger partial charge on any atom is -0.493 e. The lowest BCUT2D eigenvalue weighted by Gasteiger charge is -2.19. The lowest BCUT2D eigenvalue weighted by molar-refractivity contribution is -0.139. The van der Waals surface area contributed by atoms with Crippen LogP contribution in [0.25, 0.3) is 6.08 Å².